The second kappa shape index (κ2) is 12.1. The molecule has 2 aliphatic carbocycles. The molecule has 1 aromatic carbocycles. The Labute approximate surface area is 214 Å². The zero-order valence-corrected chi connectivity index (χ0v) is 22.1. The Hall–Kier alpha value is -1.55. The largest absolute Gasteiger partial charge is 0.339 e. The molecule has 1 aromatic rings. The van der Waals surface area contributed by atoms with Gasteiger partial charge in [0.2, 0.25) is 5.91 Å². The minimum absolute atomic E-state index is 0.253. The number of anilines is 1. The van der Waals surface area contributed by atoms with Crippen LogP contribution >= 0.6 is 0 Å². The van der Waals surface area contributed by atoms with Crippen molar-refractivity contribution in [2.24, 2.45) is 11.8 Å². The number of benzene rings is 1. The second-order valence-corrected chi connectivity index (χ2v) is 12.0. The van der Waals surface area contributed by atoms with Crippen LogP contribution in [0, 0.1) is 11.8 Å². The van der Waals surface area contributed by atoms with Gasteiger partial charge in [-0.1, -0.05) is 102 Å². The average molecular weight is 480 g/mol. The molecule has 2 atom stereocenters. The summed E-state index contributed by atoms with van der Waals surface area (Å²) in [5.41, 5.74) is 0.828. The van der Waals surface area contributed by atoms with Crippen molar-refractivity contribution in [3.8, 4) is 0 Å². The number of piperidine rings is 1. The number of nitrogens with zero attached hydrogens (tertiary/aromatic N) is 2. The van der Waals surface area contributed by atoms with Crippen LogP contribution in [0.1, 0.15) is 109 Å². The van der Waals surface area contributed by atoms with Crippen LogP contribution in [0.3, 0.4) is 0 Å². The first kappa shape index (κ1) is 25.1. The first-order valence-electron chi connectivity index (χ1n) is 15.1. The van der Waals surface area contributed by atoms with Crippen molar-refractivity contribution in [3.63, 3.8) is 0 Å². The van der Waals surface area contributed by atoms with Crippen molar-refractivity contribution in [2.75, 3.05) is 24.7 Å². The van der Waals surface area contributed by atoms with Crippen LogP contribution in [0.25, 0.3) is 0 Å². The zero-order chi connectivity index (χ0) is 23.9. The van der Waals surface area contributed by atoms with Gasteiger partial charge in [0.15, 0.2) is 0 Å². The third kappa shape index (κ3) is 5.73. The molecule has 1 N–H and O–H groups in total. The topological polar surface area (TPSA) is 35.6 Å². The summed E-state index contributed by atoms with van der Waals surface area (Å²) in [5, 5.41) is 3.20. The smallest absolute Gasteiger partial charge is 0.247 e. The Bertz CT molecular complexity index is 778. The summed E-state index contributed by atoms with van der Waals surface area (Å²) in [4.78, 5) is 18.4. The van der Waals surface area contributed by atoms with E-state index in [2.05, 4.69) is 45.4 Å². The number of likely N-dealkylation sites (tertiary alicyclic amines) is 1. The van der Waals surface area contributed by atoms with Crippen LogP contribution in [-0.4, -0.2) is 42.1 Å². The molecule has 4 nitrogen and oxygen atoms in total. The lowest BCUT2D eigenvalue weighted by Crippen LogP contribution is -2.59. The third-order valence-corrected chi connectivity index (χ3v) is 10.0. The van der Waals surface area contributed by atoms with Crippen molar-refractivity contribution < 1.29 is 4.79 Å². The summed E-state index contributed by atoms with van der Waals surface area (Å²) in [6, 6.07) is 11.3. The summed E-state index contributed by atoms with van der Waals surface area (Å²) in [7, 11) is 0. The van der Waals surface area contributed by atoms with Gasteiger partial charge >= 0.3 is 0 Å². The maximum Gasteiger partial charge on any atom is 0.247 e. The minimum Gasteiger partial charge on any atom is -0.339 e. The first-order valence-corrected chi connectivity index (χ1v) is 15.1. The molecule has 0 aromatic heterocycles. The van der Waals surface area contributed by atoms with Gasteiger partial charge < -0.3 is 10.2 Å². The van der Waals surface area contributed by atoms with Crippen molar-refractivity contribution >= 4 is 11.6 Å². The molecule has 2 unspecified atom stereocenters. The van der Waals surface area contributed by atoms with Gasteiger partial charge in [-0.25, -0.2) is 0 Å². The Morgan fingerprint density at radius 1 is 0.714 bits per heavy atom. The fourth-order valence-corrected chi connectivity index (χ4v) is 8.02. The number of carbonyl (C=O) groups is 1. The van der Waals surface area contributed by atoms with Gasteiger partial charge in [-0.15, -0.1) is 0 Å². The molecule has 1 amide bonds. The molecule has 2 heterocycles. The van der Waals surface area contributed by atoms with E-state index in [0.717, 1.165) is 43.8 Å². The molecule has 35 heavy (non-hydrogen) atoms. The number of para-hydroxylation sites is 1. The number of carbonyl (C=O) groups excluding carboxylic acids is 1. The maximum absolute atomic E-state index is 13.2. The Balaban J connectivity index is 1.32. The maximum atomic E-state index is 13.2. The molecule has 2 saturated heterocycles. The highest BCUT2D eigenvalue weighted by atomic mass is 16.2. The lowest BCUT2D eigenvalue weighted by molar-refractivity contribution is -0.125. The van der Waals surface area contributed by atoms with E-state index in [0.29, 0.717) is 6.67 Å². The van der Waals surface area contributed by atoms with Gasteiger partial charge in [-0.05, 0) is 49.7 Å². The van der Waals surface area contributed by atoms with Crippen LogP contribution in [-0.2, 0) is 4.79 Å². The highest BCUT2D eigenvalue weighted by Crippen LogP contribution is 2.41. The molecule has 1 spiro atoms. The normalized spacial score (nSPS) is 29.9. The van der Waals surface area contributed by atoms with Crippen LogP contribution in [0.5, 0.6) is 0 Å². The number of nitrogens with one attached hydrogen (secondary N) is 1. The molecule has 194 valence electrons. The van der Waals surface area contributed by atoms with E-state index in [4.69, 9.17) is 0 Å². The van der Waals surface area contributed by atoms with E-state index in [9.17, 15) is 4.79 Å². The first-order chi connectivity index (χ1) is 17.3. The van der Waals surface area contributed by atoms with E-state index < -0.39 is 0 Å². The monoisotopic (exact) mass is 479 g/mol. The van der Waals surface area contributed by atoms with E-state index in [1.807, 2.05) is 0 Å². The van der Waals surface area contributed by atoms with Gasteiger partial charge in [0, 0.05) is 24.8 Å². The standard InChI is InChI=1S/C31H49N3O/c35-30-31(34(25-32-30)27-17-11-8-12-18-27)21-23-33(24-22-31)29-20-14-7-3-6-13-19-28(29)26-15-9-4-1-2-5-10-16-26/h8,11-12,17-18,26,28-29H,1-7,9-10,13-16,19-25H2,(H,32,35). The Kier molecular flexibility index (Phi) is 8.70. The molecule has 4 fully saturated rings. The van der Waals surface area contributed by atoms with E-state index in [1.165, 1.54) is 102 Å². The minimum atomic E-state index is -0.357. The molecule has 2 saturated carbocycles. The molecule has 4 heteroatoms. The van der Waals surface area contributed by atoms with Crippen molar-refractivity contribution in [3.05, 3.63) is 30.3 Å². The van der Waals surface area contributed by atoms with Crippen LogP contribution in [0.15, 0.2) is 30.3 Å². The molecule has 2 aliphatic heterocycles. The predicted molar refractivity (Wildman–Crippen MR) is 145 cm³/mol. The van der Waals surface area contributed by atoms with Gasteiger partial charge in [0.1, 0.15) is 5.54 Å². The molecular weight excluding hydrogens is 430 g/mol. The Morgan fingerprint density at radius 2 is 1.29 bits per heavy atom. The van der Waals surface area contributed by atoms with E-state index >= 15 is 0 Å². The van der Waals surface area contributed by atoms with Crippen molar-refractivity contribution in [2.45, 2.75) is 121 Å². The number of hydrogen-bond donors (Lipinski definition) is 1. The fourth-order valence-electron chi connectivity index (χ4n) is 8.02. The van der Waals surface area contributed by atoms with Crippen LogP contribution in [0.2, 0.25) is 0 Å². The van der Waals surface area contributed by atoms with E-state index in [1.54, 1.807) is 0 Å². The summed E-state index contributed by atoms with van der Waals surface area (Å²) in [6.45, 7) is 2.80. The summed E-state index contributed by atoms with van der Waals surface area (Å²) >= 11 is 0. The average Bonchev–Trinajstić information content (AvgIpc) is 3.32. The summed E-state index contributed by atoms with van der Waals surface area (Å²) in [5.74, 6) is 2.04. The molecule has 0 radical (unpaired) electrons. The number of rotatable bonds is 3. The quantitative estimate of drug-likeness (QED) is 0.512. The third-order valence-electron chi connectivity index (χ3n) is 10.0. The molecule has 4 aliphatic rings. The van der Waals surface area contributed by atoms with Crippen LogP contribution < -0.4 is 10.2 Å². The highest BCUT2D eigenvalue weighted by molar-refractivity contribution is 5.93. The van der Waals surface area contributed by atoms with Crippen molar-refractivity contribution in [1.82, 2.24) is 10.2 Å². The van der Waals surface area contributed by atoms with Gasteiger partial charge in [-0.3, -0.25) is 9.69 Å². The van der Waals surface area contributed by atoms with Gasteiger partial charge in [0.05, 0.1) is 6.67 Å². The predicted octanol–water partition coefficient (Wildman–Crippen LogP) is 6.89. The summed E-state index contributed by atoms with van der Waals surface area (Å²) < 4.78 is 0. The van der Waals surface area contributed by atoms with Crippen LogP contribution in [0.4, 0.5) is 5.69 Å². The fraction of sp³-hybridized carbons (Fsp3) is 0.774. The molecular formula is C31H49N3O. The van der Waals surface area contributed by atoms with E-state index in [-0.39, 0.29) is 11.4 Å². The summed E-state index contributed by atoms with van der Waals surface area (Å²) in [6.07, 6.45) is 23.5. The zero-order valence-electron chi connectivity index (χ0n) is 22.1. The lowest BCUT2D eigenvalue weighted by atomic mass is 9.74. The highest BCUT2D eigenvalue weighted by Gasteiger charge is 2.51. The SMILES string of the molecule is O=C1NCN(c2ccccc2)C12CCN(C1CCCCCCCC1C1CCCCCCCC1)CC2. The Morgan fingerprint density at radius 3 is 1.94 bits per heavy atom. The van der Waals surface area contributed by atoms with Gasteiger partial charge in [0.25, 0.3) is 0 Å². The number of hydrogen-bond acceptors (Lipinski definition) is 3. The molecule has 5 rings (SSSR count). The number of amides is 1. The second-order valence-electron chi connectivity index (χ2n) is 12.0. The lowest BCUT2D eigenvalue weighted by Gasteiger charge is -2.48. The van der Waals surface area contributed by atoms with Crippen molar-refractivity contribution in [1.29, 1.82) is 0 Å². The van der Waals surface area contributed by atoms with Gasteiger partial charge in [-0.2, -0.15) is 0 Å². The molecule has 0 bridgehead atoms.